The summed E-state index contributed by atoms with van der Waals surface area (Å²) in [7, 11) is 1.65. The Balaban J connectivity index is 1.97. The van der Waals surface area contributed by atoms with Crippen molar-refractivity contribution in [3.8, 4) is 5.75 Å². The second-order valence-electron chi connectivity index (χ2n) is 7.02. The molecule has 0 bridgehead atoms. The third kappa shape index (κ3) is 4.78. The van der Waals surface area contributed by atoms with Crippen molar-refractivity contribution in [3.05, 3.63) is 63.5 Å². The maximum absolute atomic E-state index is 13.0. The molecule has 146 valence electrons. The Bertz CT molecular complexity index is 953. The minimum absolute atomic E-state index is 0.0287. The molecule has 1 aliphatic heterocycles. The molecule has 0 saturated carbocycles. The van der Waals surface area contributed by atoms with Crippen LogP contribution in [0.1, 0.15) is 25.0 Å². The topological polar surface area (TPSA) is 41.9 Å². The van der Waals surface area contributed by atoms with Crippen molar-refractivity contribution in [2.45, 2.75) is 20.8 Å². The maximum atomic E-state index is 13.0. The Hall–Kier alpha value is -2.24. The average Bonchev–Trinajstić information content (AvgIpc) is 2.91. The fourth-order valence-electron chi connectivity index (χ4n) is 2.85. The summed E-state index contributed by atoms with van der Waals surface area (Å²) < 4.78 is 5.39. The molecule has 28 heavy (non-hydrogen) atoms. The summed E-state index contributed by atoms with van der Waals surface area (Å²) in [5.74, 6) is 1.10. The van der Waals surface area contributed by atoms with Crippen LogP contribution in [0, 0.1) is 12.8 Å². The number of carbonyl (C=O) groups is 1. The van der Waals surface area contributed by atoms with Gasteiger partial charge in [-0.15, -0.1) is 0 Å². The van der Waals surface area contributed by atoms with Gasteiger partial charge in [-0.2, -0.15) is 0 Å². The molecule has 2 aromatic rings. The van der Waals surface area contributed by atoms with E-state index in [-0.39, 0.29) is 5.91 Å². The zero-order valence-electron chi connectivity index (χ0n) is 16.4. The summed E-state index contributed by atoms with van der Waals surface area (Å²) >= 11 is 7.46. The number of hydrogen-bond acceptors (Lipinski definition) is 4. The van der Waals surface area contributed by atoms with Gasteiger partial charge in [0.1, 0.15) is 5.75 Å². The number of methoxy groups -OCH3 is 1. The number of nitrogens with zero attached hydrogens (tertiary/aromatic N) is 2. The molecule has 0 unspecified atom stereocenters. The number of amidine groups is 1. The molecule has 1 amide bonds. The Labute approximate surface area is 175 Å². The Morgan fingerprint density at radius 1 is 1.25 bits per heavy atom. The highest BCUT2D eigenvalue weighted by Crippen LogP contribution is 2.35. The molecule has 1 saturated heterocycles. The molecule has 1 heterocycles. The summed E-state index contributed by atoms with van der Waals surface area (Å²) in [6.07, 6.45) is 1.89. The summed E-state index contributed by atoms with van der Waals surface area (Å²) in [6, 6.07) is 13.2. The van der Waals surface area contributed by atoms with Crippen LogP contribution in [-0.4, -0.2) is 29.6 Å². The number of aliphatic imine (C=N–C) groups is 1. The monoisotopic (exact) mass is 414 g/mol. The smallest absolute Gasteiger partial charge is 0.266 e. The Morgan fingerprint density at radius 3 is 2.71 bits per heavy atom. The first-order valence-electron chi connectivity index (χ1n) is 9.07. The van der Waals surface area contributed by atoms with Gasteiger partial charge in [-0.1, -0.05) is 43.6 Å². The van der Waals surface area contributed by atoms with Crippen LogP contribution in [0.3, 0.4) is 0 Å². The molecule has 0 N–H and O–H groups in total. The number of rotatable bonds is 5. The van der Waals surface area contributed by atoms with E-state index in [1.165, 1.54) is 11.8 Å². The predicted octanol–water partition coefficient (Wildman–Crippen LogP) is 5.92. The summed E-state index contributed by atoms with van der Waals surface area (Å²) in [4.78, 5) is 20.1. The largest absolute Gasteiger partial charge is 0.496 e. The first kappa shape index (κ1) is 20.5. The number of benzene rings is 2. The van der Waals surface area contributed by atoms with Crippen molar-refractivity contribution in [1.82, 2.24) is 4.90 Å². The van der Waals surface area contributed by atoms with Crippen LogP contribution in [-0.2, 0) is 4.79 Å². The quantitative estimate of drug-likeness (QED) is 0.570. The fourth-order valence-corrected chi connectivity index (χ4v) is 4.04. The molecule has 1 aliphatic rings. The van der Waals surface area contributed by atoms with Gasteiger partial charge < -0.3 is 4.74 Å². The van der Waals surface area contributed by atoms with Crippen molar-refractivity contribution < 1.29 is 9.53 Å². The van der Waals surface area contributed by atoms with Crippen molar-refractivity contribution in [3.63, 3.8) is 0 Å². The molecule has 0 aromatic heterocycles. The third-order valence-corrected chi connectivity index (χ3v) is 5.44. The van der Waals surface area contributed by atoms with Gasteiger partial charge in [0.2, 0.25) is 0 Å². The SMILES string of the molecule is COc1cc(/C=C2/SC(=Nc3cccc(Cl)c3)N(CC(C)C)C2=O)ccc1C. The first-order valence-corrected chi connectivity index (χ1v) is 10.3. The number of halogens is 1. The van der Waals surface area contributed by atoms with Gasteiger partial charge >= 0.3 is 0 Å². The molecule has 1 fully saturated rings. The van der Waals surface area contributed by atoms with E-state index in [0.29, 0.717) is 27.6 Å². The highest BCUT2D eigenvalue weighted by Gasteiger charge is 2.33. The van der Waals surface area contributed by atoms with Crippen LogP contribution in [0.15, 0.2) is 52.4 Å². The number of hydrogen-bond donors (Lipinski definition) is 0. The summed E-state index contributed by atoms with van der Waals surface area (Å²) in [5, 5.41) is 1.29. The highest BCUT2D eigenvalue weighted by molar-refractivity contribution is 8.18. The zero-order valence-corrected chi connectivity index (χ0v) is 18.0. The van der Waals surface area contributed by atoms with Crippen molar-refractivity contribution >= 4 is 46.2 Å². The lowest BCUT2D eigenvalue weighted by Crippen LogP contribution is -2.32. The van der Waals surface area contributed by atoms with Crippen LogP contribution in [0.25, 0.3) is 6.08 Å². The van der Waals surface area contributed by atoms with Crippen LogP contribution >= 0.6 is 23.4 Å². The Morgan fingerprint density at radius 2 is 2.04 bits per heavy atom. The first-order chi connectivity index (χ1) is 13.4. The number of thioether (sulfide) groups is 1. The molecule has 0 aliphatic carbocycles. The molecular weight excluding hydrogens is 392 g/mol. The van der Waals surface area contributed by atoms with E-state index in [1.807, 2.05) is 43.3 Å². The molecule has 3 rings (SSSR count). The van der Waals surface area contributed by atoms with Gasteiger partial charge in [-0.05, 0) is 66.1 Å². The van der Waals surface area contributed by atoms with Crippen molar-refractivity contribution in [2.75, 3.05) is 13.7 Å². The van der Waals surface area contributed by atoms with E-state index in [9.17, 15) is 4.79 Å². The third-order valence-electron chi connectivity index (χ3n) is 4.20. The predicted molar refractivity (Wildman–Crippen MR) is 118 cm³/mol. The van der Waals surface area contributed by atoms with Crippen LogP contribution in [0.4, 0.5) is 5.69 Å². The second kappa shape index (κ2) is 8.84. The molecule has 0 radical (unpaired) electrons. The number of ether oxygens (including phenoxy) is 1. The average molecular weight is 415 g/mol. The number of aryl methyl sites for hydroxylation is 1. The summed E-state index contributed by atoms with van der Waals surface area (Å²) in [6.45, 7) is 6.77. The van der Waals surface area contributed by atoms with E-state index < -0.39 is 0 Å². The minimum atomic E-state index is -0.0287. The standard InChI is InChI=1S/C22H23ClN2O2S/c1-14(2)13-25-21(26)20(11-16-9-8-15(3)19(10-16)27-4)28-22(25)24-18-7-5-6-17(23)12-18/h5-12,14H,13H2,1-4H3/b20-11+,24-22?. The molecule has 0 spiro atoms. The van der Waals surface area contributed by atoms with Gasteiger partial charge in [0, 0.05) is 11.6 Å². The molecule has 4 nitrogen and oxygen atoms in total. The molecule has 0 atom stereocenters. The van der Waals surface area contributed by atoms with Gasteiger partial charge in [-0.3, -0.25) is 9.69 Å². The van der Waals surface area contributed by atoms with Gasteiger partial charge in [0.05, 0.1) is 17.7 Å². The summed E-state index contributed by atoms with van der Waals surface area (Å²) in [5.41, 5.74) is 2.71. The van der Waals surface area contributed by atoms with Crippen LogP contribution < -0.4 is 4.74 Å². The van der Waals surface area contributed by atoms with E-state index in [1.54, 1.807) is 24.1 Å². The number of amides is 1. The van der Waals surface area contributed by atoms with Gasteiger partial charge in [0.25, 0.3) is 5.91 Å². The normalized spacial score (nSPS) is 17.2. The van der Waals surface area contributed by atoms with Crippen LogP contribution in [0.2, 0.25) is 5.02 Å². The van der Waals surface area contributed by atoms with Crippen molar-refractivity contribution in [1.29, 1.82) is 0 Å². The van der Waals surface area contributed by atoms with Gasteiger partial charge in [0.15, 0.2) is 5.17 Å². The maximum Gasteiger partial charge on any atom is 0.266 e. The van der Waals surface area contributed by atoms with Crippen LogP contribution in [0.5, 0.6) is 5.75 Å². The van der Waals surface area contributed by atoms with E-state index >= 15 is 0 Å². The molecule has 6 heteroatoms. The minimum Gasteiger partial charge on any atom is -0.496 e. The van der Waals surface area contributed by atoms with E-state index in [0.717, 1.165) is 22.6 Å². The molecular formula is C22H23ClN2O2S. The fraction of sp³-hybridized carbons (Fsp3) is 0.273. The zero-order chi connectivity index (χ0) is 20.3. The number of carbonyl (C=O) groups excluding carboxylic acids is 1. The lowest BCUT2D eigenvalue weighted by molar-refractivity contribution is -0.122. The lowest BCUT2D eigenvalue weighted by Gasteiger charge is -2.17. The van der Waals surface area contributed by atoms with Crippen molar-refractivity contribution in [2.24, 2.45) is 10.9 Å². The van der Waals surface area contributed by atoms with E-state index in [2.05, 4.69) is 18.8 Å². The highest BCUT2D eigenvalue weighted by atomic mass is 35.5. The second-order valence-corrected chi connectivity index (χ2v) is 8.47. The molecule has 2 aromatic carbocycles. The lowest BCUT2D eigenvalue weighted by atomic mass is 10.1. The van der Waals surface area contributed by atoms with Gasteiger partial charge in [-0.25, -0.2) is 4.99 Å². The van der Waals surface area contributed by atoms with E-state index in [4.69, 9.17) is 16.3 Å². The Kier molecular flexibility index (Phi) is 6.47.